The van der Waals surface area contributed by atoms with Gasteiger partial charge in [0.25, 0.3) is 0 Å². The van der Waals surface area contributed by atoms with Crippen LogP contribution in [0, 0.1) is 25.6 Å². The second-order valence-electron chi connectivity index (χ2n) is 10.4. The third kappa shape index (κ3) is 4.57. The number of carbonyl (C=O) groups is 1. The van der Waals surface area contributed by atoms with Gasteiger partial charge in [0.2, 0.25) is 5.91 Å². The highest BCUT2D eigenvalue weighted by Gasteiger charge is 2.52. The first-order valence-corrected chi connectivity index (χ1v) is 14.2. The zero-order valence-corrected chi connectivity index (χ0v) is 23.2. The van der Waals surface area contributed by atoms with E-state index in [9.17, 15) is 13.7 Å². The summed E-state index contributed by atoms with van der Waals surface area (Å²) in [6, 6.07) is 9.51. The zero-order valence-electron chi connectivity index (χ0n) is 22.4. The molecule has 0 aromatic heterocycles. The minimum Gasteiger partial charge on any atom is -0.381 e. The molecule has 0 bridgehead atoms. The van der Waals surface area contributed by atoms with E-state index in [0.717, 1.165) is 47.2 Å². The van der Waals surface area contributed by atoms with E-state index in [1.807, 2.05) is 30.4 Å². The molecule has 4 aliphatic heterocycles. The zero-order chi connectivity index (χ0) is 27.1. The number of aryl methyl sites for hydroxylation is 2. The molecule has 2 aromatic carbocycles. The van der Waals surface area contributed by atoms with Gasteiger partial charge in [-0.3, -0.25) is 4.79 Å². The van der Waals surface area contributed by atoms with E-state index in [1.165, 1.54) is 0 Å². The third-order valence-electron chi connectivity index (χ3n) is 7.99. The van der Waals surface area contributed by atoms with E-state index in [1.54, 1.807) is 26.0 Å². The number of nitrogens with one attached hydrogen (secondary N) is 1. The maximum Gasteiger partial charge on any atom is 0.226 e. The van der Waals surface area contributed by atoms with Crippen molar-refractivity contribution >= 4 is 23.6 Å². The van der Waals surface area contributed by atoms with Crippen LogP contribution in [0.4, 0.5) is 8.87 Å². The van der Waals surface area contributed by atoms with Crippen molar-refractivity contribution in [1.29, 1.82) is 0 Å². The van der Waals surface area contributed by atoms with E-state index in [0.29, 0.717) is 56.0 Å². The van der Waals surface area contributed by atoms with Crippen molar-refractivity contribution in [2.75, 3.05) is 26.3 Å². The molecule has 0 saturated carbocycles. The van der Waals surface area contributed by atoms with Gasteiger partial charge in [-0.05, 0) is 66.1 Å². The second kappa shape index (κ2) is 10.7. The molecule has 1 atom stereocenters. The smallest absolute Gasteiger partial charge is 0.226 e. The highest BCUT2D eigenvalue weighted by atomic mass is 32.2. The Bertz CT molecular complexity index is 1230. The Kier molecular flexibility index (Phi) is 7.66. The molecule has 4 aliphatic rings. The van der Waals surface area contributed by atoms with Gasteiger partial charge in [-0.2, -0.15) is 0 Å². The van der Waals surface area contributed by atoms with E-state index in [4.69, 9.17) is 9.47 Å². The fourth-order valence-corrected chi connectivity index (χ4v) is 6.74. The highest BCUT2D eigenvalue weighted by molar-refractivity contribution is 7.99. The molecule has 2 saturated heterocycles. The fraction of sp³-hybridized carbons (Fsp3) is 0.517. The monoisotopic (exact) mass is 543 g/mol. The molecule has 2 fully saturated rings. The Balaban J connectivity index is 0.00000144. The Morgan fingerprint density at radius 3 is 2.47 bits per heavy atom. The van der Waals surface area contributed by atoms with E-state index in [-0.39, 0.29) is 17.6 Å². The minimum absolute atomic E-state index is 0.0512. The SMILES string of the molecule is CC.Cc1cc(C2(NF)CC(c3ccc4c(c3)COC43CN(C(=O)C4CCOCC4)C3)=NS2)cc(C)c1F. The topological polar surface area (TPSA) is 63.2 Å². The lowest BCUT2D eigenvalue weighted by Gasteiger charge is -2.48. The van der Waals surface area contributed by atoms with Gasteiger partial charge in [-0.1, -0.05) is 38.1 Å². The van der Waals surface area contributed by atoms with Gasteiger partial charge in [0.1, 0.15) is 16.3 Å². The Morgan fingerprint density at radius 2 is 1.82 bits per heavy atom. The predicted octanol–water partition coefficient (Wildman–Crippen LogP) is 5.63. The van der Waals surface area contributed by atoms with Crippen molar-refractivity contribution in [2.45, 2.75) is 64.0 Å². The molecule has 0 aliphatic carbocycles. The van der Waals surface area contributed by atoms with Gasteiger partial charge in [0, 0.05) is 37.5 Å². The van der Waals surface area contributed by atoms with Crippen LogP contribution in [0.3, 0.4) is 0 Å². The van der Waals surface area contributed by atoms with Crippen LogP contribution in [0.5, 0.6) is 0 Å². The number of hydrogen-bond donors (Lipinski definition) is 1. The Labute approximate surface area is 227 Å². The Morgan fingerprint density at radius 1 is 1.13 bits per heavy atom. The van der Waals surface area contributed by atoms with Crippen LogP contribution < -0.4 is 5.54 Å². The lowest BCUT2D eigenvalue weighted by atomic mass is 9.83. The van der Waals surface area contributed by atoms with Crippen LogP contribution in [0.15, 0.2) is 34.7 Å². The molecule has 9 heteroatoms. The lowest BCUT2D eigenvalue weighted by molar-refractivity contribution is -0.174. The highest BCUT2D eigenvalue weighted by Crippen LogP contribution is 2.47. The number of likely N-dealkylation sites (tertiary alicyclic amines) is 1. The van der Waals surface area contributed by atoms with Gasteiger partial charge in [0.05, 0.1) is 25.4 Å². The van der Waals surface area contributed by atoms with Crippen molar-refractivity contribution < 1.29 is 23.1 Å². The quantitative estimate of drug-likeness (QED) is 0.400. The molecule has 1 amide bonds. The molecule has 1 spiro atoms. The first kappa shape index (κ1) is 27.2. The lowest BCUT2D eigenvalue weighted by Crippen LogP contribution is -2.62. The van der Waals surface area contributed by atoms with Crippen LogP contribution in [-0.4, -0.2) is 42.8 Å². The summed E-state index contributed by atoms with van der Waals surface area (Å²) in [5.41, 5.74) is 7.04. The van der Waals surface area contributed by atoms with Crippen molar-refractivity contribution in [2.24, 2.45) is 10.3 Å². The molecule has 0 radical (unpaired) electrons. The summed E-state index contributed by atoms with van der Waals surface area (Å²) in [6.45, 7) is 10.3. The number of benzene rings is 2. The van der Waals surface area contributed by atoms with Gasteiger partial charge in [-0.25, -0.2) is 8.79 Å². The summed E-state index contributed by atoms with van der Waals surface area (Å²) >= 11 is 1.13. The fourth-order valence-electron chi connectivity index (χ4n) is 5.85. The standard InChI is InChI=1S/C27H29F2N3O3S.C2H6/c1-16-9-21(10-17(2)24(16)28)27(31-29)12-23(30-36-27)19-3-4-22-20(11-19)13-35-26(22)14-32(15-26)25(33)18-5-7-34-8-6-18;1-2/h3-4,9-11,18,31H,5-8,12-15H2,1-2H3;1-2H3. The number of nitrogens with zero attached hydrogens (tertiary/aromatic N) is 2. The summed E-state index contributed by atoms with van der Waals surface area (Å²) in [5, 5.41) is 0. The first-order valence-electron chi connectivity index (χ1n) is 13.4. The summed E-state index contributed by atoms with van der Waals surface area (Å²) in [7, 11) is 0. The van der Waals surface area contributed by atoms with E-state index in [2.05, 4.69) is 16.5 Å². The maximum absolute atomic E-state index is 14.2. The Hall–Kier alpha value is -2.33. The molecule has 38 heavy (non-hydrogen) atoms. The average Bonchev–Trinajstić information content (AvgIpc) is 3.55. The van der Waals surface area contributed by atoms with Crippen molar-refractivity contribution in [1.82, 2.24) is 10.4 Å². The van der Waals surface area contributed by atoms with E-state index >= 15 is 0 Å². The number of rotatable bonds is 4. The number of halogens is 2. The number of fused-ring (bicyclic) bond motifs is 2. The summed E-state index contributed by atoms with van der Waals surface area (Å²) in [4.78, 5) is 13.7. The number of amides is 1. The first-order chi connectivity index (χ1) is 18.3. The maximum atomic E-state index is 14.2. The van der Waals surface area contributed by atoms with E-state index < -0.39 is 10.5 Å². The van der Waals surface area contributed by atoms with Crippen molar-refractivity contribution in [3.8, 4) is 0 Å². The van der Waals surface area contributed by atoms with Gasteiger partial charge in [0.15, 0.2) is 0 Å². The van der Waals surface area contributed by atoms with Gasteiger partial charge < -0.3 is 14.4 Å². The van der Waals surface area contributed by atoms with Crippen LogP contribution in [0.25, 0.3) is 0 Å². The molecule has 6 rings (SSSR count). The predicted molar refractivity (Wildman–Crippen MR) is 145 cm³/mol. The summed E-state index contributed by atoms with van der Waals surface area (Å²) in [5.74, 6) is -0.0139. The van der Waals surface area contributed by atoms with Crippen molar-refractivity contribution in [3.63, 3.8) is 0 Å². The molecule has 4 heterocycles. The van der Waals surface area contributed by atoms with Crippen LogP contribution in [0.1, 0.15) is 66.5 Å². The normalized spacial score (nSPS) is 23.9. The molecular weight excluding hydrogens is 508 g/mol. The molecular formula is C29H35F2N3O3S. The third-order valence-corrected chi connectivity index (χ3v) is 9.07. The summed E-state index contributed by atoms with van der Waals surface area (Å²) < 4.78 is 44.6. The van der Waals surface area contributed by atoms with Gasteiger partial charge >= 0.3 is 0 Å². The molecule has 6 nitrogen and oxygen atoms in total. The van der Waals surface area contributed by atoms with Crippen LogP contribution in [0.2, 0.25) is 0 Å². The van der Waals surface area contributed by atoms with Gasteiger partial charge in [-0.15, -0.1) is 10.0 Å². The largest absolute Gasteiger partial charge is 0.381 e. The summed E-state index contributed by atoms with van der Waals surface area (Å²) in [6.07, 6.45) is 1.90. The number of ether oxygens (including phenoxy) is 2. The molecule has 204 valence electrons. The number of carbonyl (C=O) groups excluding carboxylic acids is 1. The second-order valence-corrected chi connectivity index (χ2v) is 11.4. The van der Waals surface area contributed by atoms with Crippen LogP contribution >= 0.6 is 11.9 Å². The van der Waals surface area contributed by atoms with Crippen molar-refractivity contribution in [3.05, 3.63) is 69.5 Å². The number of hydrogen-bond acceptors (Lipinski definition) is 6. The molecule has 1 unspecified atom stereocenters. The molecule has 1 N–H and O–H groups in total. The van der Waals surface area contributed by atoms with Crippen LogP contribution in [-0.2, 0) is 31.3 Å². The minimum atomic E-state index is -1.09. The average molecular weight is 544 g/mol. The molecule has 2 aromatic rings.